The van der Waals surface area contributed by atoms with E-state index in [1.165, 1.54) is 0 Å². The van der Waals surface area contributed by atoms with Gasteiger partial charge in [0.25, 0.3) is 0 Å². The van der Waals surface area contributed by atoms with Crippen molar-refractivity contribution in [3.8, 4) is 0 Å². The zero-order valence-corrected chi connectivity index (χ0v) is 11.9. The molecule has 1 saturated carbocycles. The smallest absolute Gasteiger partial charge is 0.317 e. The van der Waals surface area contributed by atoms with Gasteiger partial charge in [-0.1, -0.05) is 12.8 Å². The zero-order chi connectivity index (χ0) is 13.5. The van der Waals surface area contributed by atoms with Crippen LogP contribution in [0.4, 0.5) is 0 Å². The molecule has 1 spiro atoms. The van der Waals surface area contributed by atoms with Crippen molar-refractivity contribution in [2.75, 3.05) is 6.61 Å². The molecule has 0 bridgehead atoms. The third-order valence-electron chi connectivity index (χ3n) is 4.52. The summed E-state index contributed by atoms with van der Waals surface area (Å²) in [4.78, 5) is 26.1. The van der Waals surface area contributed by atoms with Gasteiger partial charge in [0.05, 0.1) is 6.61 Å². The largest absolute Gasteiger partial charge is 0.465 e. The van der Waals surface area contributed by atoms with Gasteiger partial charge in [0.2, 0.25) is 0 Å². The monoisotopic (exact) mass is 278 g/mol. The van der Waals surface area contributed by atoms with Crippen LogP contribution in [-0.2, 0) is 16.0 Å². The molecule has 2 aliphatic rings. The van der Waals surface area contributed by atoms with E-state index in [9.17, 15) is 9.59 Å². The van der Waals surface area contributed by atoms with E-state index in [1.54, 1.807) is 18.3 Å². The molecule has 1 atom stereocenters. The van der Waals surface area contributed by atoms with Crippen molar-refractivity contribution in [2.24, 2.45) is 11.3 Å². The Labute approximate surface area is 117 Å². The van der Waals surface area contributed by atoms with Gasteiger partial charge in [0.1, 0.15) is 5.92 Å². The lowest BCUT2D eigenvalue weighted by molar-refractivity contribution is -0.150. The quantitative estimate of drug-likeness (QED) is 0.616. The summed E-state index contributed by atoms with van der Waals surface area (Å²) in [6.07, 6.45) is 5.04. The highest BCUT2D eigenvalue weighted by Crippen LogP contribution is 2.52. The first kappa shape index (κ1) is 12.9. The summed E-state index contributed by atoms with van der Waals surface area (Å²) < 4.78 is 5.17. The van der Waals surface area contributed by atoms with Gasteiger partial charge in [-0.25, -0.2) is 0 Å². The highest BCUT2D eigenvalue weighted by atomic mass is 32.1. The van der Waals surface area contributed by atoms with Gasteiger partial charge in [-0.05, 0) is 43.0 Å². The molecule has 1 unspecified atom stereocenters. The van der Waals surface area contributed by atoms with Gasteiger partial charge in [0, 0.05) is 10.4 Å². The standard InChI is InChI=1S/C15H18O3S/c1-2-18-14(17)12-13(16)10-5-8-19-11(10)9-15(12)6-3-4-7-15/h5,8,12H,2-4,6-7,9H2,1H3. The second-order valence-corrected chi connectivity index (χ2v) is 6.55. The van der Waals surface area contributed by atoms with Crippen molar-refractivity contribution in [1.29, 1.82) is 0 Å². The SMILES string of the molecule is CCOC(=O)C1C(=O)c2ccsc2CC12CCCC2. The second-order valence-electron chi connectivity index (χ2n) is 5.55. The van der Waals surface area contributed by atoms with Gasteiger partial charge < -0.3 is 4.74 Å². The Morgan fingerprint density at radius 1 is 1.47 bits per heavy atom. The Morgan fingerprint density at radius 3 is 2.89 bits per heavy atom. The number of fused-ring (bicyclic) bond motifs is 1. The van der Waals surface area contributed by atoms with Gasteiger partial charge in [0.15, 0.2) is 5.78 Å². The lowest BCUT2D eigenvalue weighted by Crippen LogP contribution is -2.45. The number of hydrogen-bond donors (Lipinski definition) is 0. The predicted molar refractivity (Wildman–Crippen MR) is 73.4 cm³/mol. The highest BCUT2D eigenvalue weighted by Gasteiger charge is 2.53. The van der Waals surface area contributed by atoms with Crippen molar-refractivity contribution in [3.05, 3.63) is 21.9 Å². The molecule has 0 aliphatic heterocycles. The fourth-order valence-electron chi connectivity index (χ4n) is 3.68. The zero-order valence-electron chi connectivity index (χ0n) is 11.1. The Morgan fingerprint density at radius 2 is 2.21 bits per heavy atom. The summed E-state index contributed by atoms with van der Waals surface area (Å²) >= 11 is 1.64. The minimum absolute atomic E-state index is 0.0112. The molecule has 1 fully saturated rings. The van der Waals surface area contributed by atoms with Crippen LogP contribution in [0.1, 0.15) is 47.8 Å². The third kappa shape index (κ3) is 1.93. The number of Topliss-reactive ketones (excluding diaryl/α,β-unsaturated/α-hetero) is 1. The fraction of sp³-hybridized carbons (Fsp3) is 0.600. The molecular weight excluding hydrogens is 260 g/mol. The molecule has 4 heteroatoms. The van der Waals surface area contributed by atoms with Crippen LogP contribution in [0, 0.1) is 11.3 Å². The fourth-order valence-corrected chi connectivity index (χ4v) is 4.71. The normalized spacial score (nSPS) is 24.5. The van der Waals surface area contributed by atoms with Crippen LogP contribution in [0.2, 0.25) is 0 Å². The average molecular weight is 278 g/mol. The van der Waals surface area contributed by atoms with E-state index in [0.717, 1.165) is 42.5 Å². The second kappa shape index (κ2) is 4.75. The van der Waals surface area contributed by atoms with Crippen LogP contribution in [-0.4, -0.2) is 18.4 Å². The lowest BCUT2D eigenvalue weighted by Gasteiger charge is -2.38. The van der Waals surface area contributed by atoms with Crippen LogP contribution < -0.4 is 0 Å². The molecule has 1 heterocycles. The van der Waals surface area contributed by atoms with E-state index in [4.69, 9.17) is 4.74 Å². The van der Waals surface area contributed by atoms with Crippen molar-refractivity contribution >= 4 is 23.1 Å². The Bertz CT molecular complexity index is 511. The lowest BCUT2D eigenvalue weighted by atomic mass is 9.64. The van der Waals surface area contributed by atoms with Gasteiger partial charge in [-0.3, -0.25) is 9.59 Å². The maximum atomic E-state index is 12.7. The van der Waals surface area contributed by atoms with Crippen LogP contribution in [0.5, 0.6) is 0 Å². The number of hydrogen-bond acceptors (Lipinski definition) is 4. The van der Waals surface area contributed by atoms with Crippen molar-refractivity contribution < 1.29 is 14.3 Å². The molecule has 3 nitrogen and oxygen atoms in total. The summed E-state index contributed by atoms with van der Waals surface area (Å²) in [5.74, 6) is -0.897. The van der Waals surface area contributed by atoms with Crippen LogP contribution >= 0.6 is 11.3 Å². The summed E-state index contributed by atoms with van der Waals surface area (Å²) in [7, 11) is 0. The molecule has 19 heavy (non-hydrogen) atoms. The first-order chi connectivity index (χ1) is 9.18. The number of ketones is 1. The number of esters is 1. The molecule has 0 radical (unpaired) electrons. The van der Waals surface area contributed by atoms with Crippen LogP contribution in [0.15, 0.2) is 11.4 Å². The predicted octanol–water partition coefficient (Wildman–Crippen LogP) is 3.23. The summed E-state index contributed by atoms with van der Waals surface area (Å²) in [6.45, 7) is 2.14. The molecular formula is C15H18O3S. The Balaban J connectivity index is 2.03. The number of ether oxygens (including phenoxy) is 1. The molecule has 102 valence electrons. The number of carbonyl (C=O) groups is 2. The van der Waals surface area contributed by atoms with E-state index in [-0.39, 0.29) is 17.2 Å². The van der Waals surface area contributed by atoms with Crippen molar-refractivity contribution in [3.63, 3.8) is 0 Å². The topological polar surface area (TPSA) is 43.4 Å². The summed E-state index contributed by atoms with van der Waals surface area (Å²) in [6, 6.07) is 1.86. The number of carbonyl (C=O) groups excluding carboxylic acids is 2. The van der Waals surface area contributed by atoms with E-state index in [0.29, 0.717) is 6.61 Å². The maximum absolute atomic E-state index is 12.7. The molecule has 2 aliphatic carbocycles. The number of thiophene rings is 1. The van der Waals surface area contributed by atoms with Crippen LogP contribution in [0.25, 0.3) is 0 Å². The van der Waals surface area contributed by atoms with Crippen molar-refractivity contribution in [2.45, 2.75) is 39.0 Å². The molecule has 0 N–H and O–H groups in total. The third-order valence-corrected chi connectivity index (χ3v) is 5.44. The minimum Gasteiger partial charge on any atom is -0.465 e. The highest BCUT2D eigenvalue weighted by molar-refractivity contribution is 7.10. The number of rotatable bonds is 2. The van der Waals surface area contributed by atoms with Gasteiger partial charge in [-0.2, -0.15) is 0 Å². The first-order valence-electron chi connectivity index (χ1n) is 6.95. The molecule has 0 saturated heterocycles. The average Bonchev–Trinajstić information content (AvgIpc) is 3.00. The van der Waals surface area contributed by atoms with Gasteiger partial charge in [-0.15, -0.1) is 11.3 Å². The summed E-state index contributed by atoms with van der Waals surface area (Å²) in [5, 5.41) is 1.96. The first-order valence-corrected chi connectivity index (χ1v) is 7.83. The Kier molecular flexibility index (Phi) is 3.21. The maximum Gasteiger partial charge on any atom is 0.317 e. The van der Waals surface area contributed by atoms with E-state index >= 15 is 0 Å². The molecule has 1 aromatic heterocycles. The van der Waals surface area contributed by atoms with E-state index < -0.39 is 5.92 Å². The van der Waals surface area contributed by atoms with Gasteiger partial charge >= 0.3 is 5.97 Å². The minimum atomic E-state index is -0.572. The molecule has 1 aromatic rings. The van der Waals surface area contributed by atoms with Crippen LogP contribution in [0.3, 0.4) is 0 Å². The van der Waals surface area contributed by atoms with E-state index in [2.05, 4.69) is 0 Å². The van der Waals surface area contributed by atoms with Crippen molar-refractivity contribution in [1.82, 2.24) is 0 Å². The molecule has 3 rings (SSSR count). The van der Waals surface area contributed by atoms with E-state index in [1.807, 2.05) is 11.4 Å². The molecule has 0 aromatic carbocycles. The molecule has 0 amide bonds. The summed E-state index contributed by atoms with van der Waals surface area (Å²) in [5.41, 5.74) is 0.585. The Hall–Kier alpha value is -1.16.